The van der Waals surface area contributed by atoms with Crippen LogP contribution in [-0.4, -0.2) is 35.4 Å². The van der Waals surface area contributed by atoms with E-state index in [4.69, 9.17) is 14.0 Å². The summed E-state index contributed by atoms with van der Waals surface area (Å²) in [7, 11) is 0. The van der Waals surface area contributed by atoms with Crippen molar-refractivity contribution in [2.45, 2.75) is 45.1 Å². The van der Waals surface area contributed by atoms with Gasteiger partial charge in [0.05, 0.1) is 17.4 Å². The lowest BCUT2D eigenvalue weighted by Crippen LogP contribution is -2.17. The Morgan fingerprint density at radius 3 is 2.84 bits per heavy atom. The van der Waals surface area contributed by atoms with Gasteiger partial charge in [-0.15, -0.1) is 0 Å². The summed E-state index contributed by atoms with van der Waals surface area (Å²) < 4.78 is 16.2. The van der Waals surface area contributed by atoms with E-state index in [1.165, 1.54) is 6.20 Å². The van der Waals surface area contributed by atoms with Crippen molar-refractivity contribution < 1.29 is 18.8 Å². The van der Waals surface area contributed by atoms with E-state index < -0.39 is 0 Å². The van der Waals surface area contributed by atoms with Crippen LogP contribution >= 0.6 is 0 Å². The summed E-state index contributed by atoms with van der Waals surface area (Å²) in [4.78, 5) is 16.4. The average molecular weight is 345 g/mol. The maximum atomic E-state index is 12.3. The molecule has 0 spiro atoms. The van der Waals surface area contributed by atoms with Gasteiger partial charge >= 0.3 is 0 Å². The Labute approximate surface area is 146 Å². The van der Waals surface area contributed by atoms with E-state index in [9.17, 15) is 4.79 Å². The van der Waals surface area contributed by atoms with Gasteiger partial charge in [-0.05, 0) is 18.9 Å². The number of pyridine rings is 1. The maximum Gasteiger partial charge on any atom is 0.259 e. The summed E-state index contributed by atoms with van der Waals surface area (Å²) >= 11 is 0. The van der Waals surface area contributed by atoms with Gasteiger partial charge in [-0.2, -0.15) is 0 Å². The number of hydrogen-bond acceptors (Lipinski definition) is 6. The van der Waals surface area contributed by atoms with Crippen LogP contribution in [0.4, 0.5) is 5.88 Å². The molecule has 7 nitrogen and oxygen atoms in total. The molecule has 1 amide bonds. The molecule has 1 aliphatic heterocycles. The molecular weight excluding hydrogens is 322 g/mol. The number of carbonyl (C=O) groups excluding carboxylic acids is 1. The largest absolute Gasteiger partial charge is 0.475 e. The summed E-state index contributed by atoms with van der Waals surface area (Å²) in [5.41, 5.74) is 1.05. The minimum atomic E-state index is -0.310. The van der Waals surface area contributed by atoms with Crippen molar-refractivity contribution in [3.63, 3.8) is 0 Å². The summed E-state index contributed by atoms with van der Waals surface area (Å²) in [6.45, 7) is 7.34. The zero-order chi connectivity index (χ0) is 17.9. The van der Waals surface area contributed by atoms with Crippen molar-refractivity contribution in [2.24, 2.45) is 0 Å². The Kier molecular flexibility index (Phi) is 5.03. The van der Waals surface area contributed by atoms with Crippen LogP contribution < -0.4 is 10.1 Å². The molecule has 0 bridgehead atoms. The number of aromatic nitrogens is 2. The molecular formula is C18H23N3O4. The molecule has 2 aromatic rings. The van der Waals surface area contributed by atoms with Crippen molar-refractivity contribution in [3.05, 3.63) is 35.7 Å². The van der Waals surface area contributed by atoms with Gasteiger partial charge in [0, 0.05) is 30.4 Å². The highest BCUT2D eigenvalue weighted by Crippen LogP contribution is 2.24. The molecule has 1 saturated heterocycles. The number of ether oxygens (including phenoxy) is 2. The maximum absolute atomic E-state index is 12.3. The third-order valence-corrected chi connectivity index (χ3v) is 3.95. The molecule has 1 fully saturated rings. The predicted molar refractivity (Wildman–Crippen MR) is 91.9 cm³/mol. The fourth-order valence-corrected chi connectivity index (χ4v) is 2.43. The quantitative estimate of drug-likeness (QED) is 0.896. The summed E-state index contributed by atoms with van der Waals surface area (Å²) in [6, 6.07) is 5.06. The molecule has 0 aromatic carbocycles. The smallest absolute Gasteiger partial charge is 0.259 e. The number of nitrogens with zero attached hydrogens (tertiary/aromatic N) is 2. The fraction of sp³-hybridized carbons (Fsp3) is 0.500. The number of anilines is 1. The van der Waals surface area contributed by atoms with Gasteiger partial charge in [0.2, 0.25) is 11.8 Å². The highest BCUT2D eigenvalue weighted by molar-refractivity contribution is 6.03. The summed E-state index contributed by atoms with van der Waals surface area (Å²) in [5, 5.41) is 6.65. The minimum absolute atomic E-state index is 0.133. The van der Waals surface area contributed by atoms with Gasteiger partial charge in [-0.25, -0.2) is 4.98 Å². The summed E-state index contributed by atoms with van der Waals surface area (Å²) in [6.07, 6.45) is 3.68. The second-order valence-corrected chi connectivity index (χ2v) is 7.11. The Balaban J connectivity index is 1.56. The van der Waals surface area contributed by atoms with Crippen LogP contribution in [0.5, 0.6) is 5.88 Å². The van der Waals surface area contributed by atoms with Gasteiger partial charge < -0.3 is 14.0 Å². The Morgan fingerprint density at radius 2 is 2.24 bits per heavy atom. The average Bonchev–Trinajstić information content (AvgIpc) is 3.24. The van der Waals surface area contributed by atoms with E-state index in [-0.39, 0.29) is 17.4 Å². The molecule has 0 saturated carbocycles. The van der Waals surface area contributed by atoms with Gasteiger partial charge in [-0.1, -0.05) is 25.9 Å². The first-order valence-electron chi connectivity index (χ1n) is 8.41. The van der Waals surface area contributed by atoms with E-state index in [0.29, 0.717) is 23.9 Å². The zero-order valence-electron chi connectivity index (χ0n) is 14.7. The van der Waals surface area contributed by atoms with Gasteiger partial charge in [0.25, 0.3) is 5.91 Å². The molecule has 0 radical (unpaired) electrons. The van der Waals surface area contributed by atoms with E-state index in [0.717, 1.165) is 25.1 Å². The highest BCUT2D eigenvalue weighted by atomic mass is 16.5. The molecule has 7 heteroatoms. The van der Waals surface area contributed by atoms with Crippen LogP contribution in [0.1, 0.15) is 49.7 Å². The van der Waals surface area contributed by atoms with Gasteiger partial charge in [0.1, 0.15) is 6.61 Å². The van der Waals surface area contributed by atoms with Crippen LogP contribution in [0.3, 0.4) is 0 Å². The zero-order valence-corrected chi connectivity index (χ0v) is 14.7. The van der Waals surface area contributed by atoms with Crippen LogP contribution in [0.15, 0.2) is 28.9 Å². The molecule has 3 heterocycles. The first-order chi connectivity index (χ1) is 11.9. The number of rotatable bonds is 5. The predicted octanol–water partition coefficient (Wildman–Crippen LogP) is 3.18. The van der Waals surface area contributed by atoms with Crippen molar-refractivity contribution >= 4 is 11.8 Å². The third kappa shape index (κ3) is 4.57. The molecule has 1 N–H and O–H groups in total. The van der Waals surface area contributed by atoms with Crippen molar-refractivity contribution in [3.8, 4) is 5.88 Å². The second-order valence-electron chi connectivity index (χ2n) is 7.11. The molecule has 1 atom stereocenters. The van der Waals surface area contributed by atoms with Crippen LogP contribution in [-0.2, 0) is 10.2 Å². The Morgan fingerprint density at radius 1 is 1.40 bits per heavy atom. The SMILES string of the molecule is CC(C)(C)c1cc(NC(=O)c2ccc(OC[C@H]3CCCO3)nc2)on1. The standard InChI is InChI=1S/C18H23N3O4/c1-18(2,3)14-9-16(25-21-14)20-17(22)12-6-7-15(19-10-12)24-11-13-5-4-8-23-13/h6-7,9-10,13H,4-5,8,11H2,1-3H3,(H,20,22)/t13-/m1/s1. The number of nitrogens with one attached hydrogen (secondary N) is 1. The first-order valence-corrected chi connectivity index (χ1v) is 8.41. The van der Waals surface area contributed by atoms with E-state index in [1.807, 2.05) is 20.8 Å². The Bertz CT molecular complexity index is 713. The van der Waals surface area contributed by atoms with Crippen LogP contribution in [0.2, 0.25) is 0 Å². The van der Waals surface area contributed by atoms with Crippen LogP contribution in [0.25, 0.3) is 0 Å². The molecule has 2 aromatic heterocycles. The minimum Gasteiger partial charge on any atom is -0.475 e. The van der Waals surface area contributed by atoms with E-state index in [2.05, 4.69) is 15.5 Å². The van der Waals surface area contributed by atoms with Crippen molar-refractivity contribution in [2.75, 3.05) is 18.5 Å². The molecule has 0 aliphatic carbocycles. The number of amides is 1. The molecule has 134 valence electrons. The third-order valence-electron chi connectivity index (χ3n) is 3.95. The molecule has 1 aliphatic rings. The van der Waals surface area contributed by atoms with Crippen molar-refractivity contribution in [1.29, 1.82) is 0 Å². The number of carbonyl (C=O) groups is 1. The van der Waals surface area contributed by atoms with E-state index in [1.54, 1.807) is 18.2 Å². The van der Waals surface area contributed by atoms with Gasteiger partial charge in [-0.3, -0.25) is 10.1 Å². The van der Waals surface area contributed by atoms with E-state index >= 15 is 0 Å². The molecule has 0 unspecified atom stereocenters. The normalized spacial score (nSPS) is 17.5. The number of hydrogen-bond donors (Lipinski definition) is 1. The lowest BCUT2D eigenvalue weighted by Gasteiger charge is -2.12. The highest BCUT2D eigenvalue weighted by Gasteiger charge is 2.20. The Hall–Kier alpha value is -2.41. The van der Waals surface area contributed by atoms with Crippen LogP contribution in [0, 0.1) is 0 Å². The summed E-state index contributed by atoms with van der Waals surface area (Å²) in [5.74, 6) is 0.477. The lowest BCUT2D eigenvalue weighted by molar-refractivity contribution is 0.0663. The lowest BCUT2D eigenvalue weighted by atomic mass is 9.92. The van der Waals surface area contributed by atoms with Crippen molar-refractivity contribution in [1.82, 2.24) is 10.1 Å². The molecule has 25 heavy (non-hydrogen) atoms. The molecule has 3 rings (SSSR count). The monoisotopic (exact) mass is 345 g/mol. The topological polar surface area (TPSA) is 86.5 Å². The second kappa shape index (κ2) is 7.23. The fourth-order valence-electron chi connectivity index (χ4n) is 2.43. The van der Waals surface area contributed by atoms with Gasteiger partial charge in [0.15, 0.2) is 0 Å². The first kappa shape index (κ1) is 17.4.